The maximum atomic E-state index is 11.9. The zero-order chi connectivity index (χ0) is 16.3. The summed E-state index contributed by atoms with van der Waals surface area (Å²) in [4.78, 5) is 17.6. The van der Waals surface area contributed by atoms with E-state index in [0.29, 0.717) is 5.13 Å². The fourth-order valence-corrected chi connectivity index (χ4v) is 2.92. The van der Waals surface area contributed by atoms with Crippen molar-refractivity contribution in [1.29, 1.82) is 0 Å². The lowest BCUT2D eigenvalue weighted by Crippen LogP contribution is -2.45. The summed E-state index contributed by atoms with van der Waals surface area (Å²) >= 11 is 1.47. The first-order valence-electron chi connectivity index (χ1n) is 7.48. The summed E-state index contributed by atoms with van der Waals surface area (Å²) in [5.41, 5.74) is 8.19. The van der Waals surface area contributed by atoms with Gasteiger partial charge < -0.3 is 11.1 Å². The first-order valence-corrected chi connectivity index (χ1v) is 8.30. The van der Waals surface area contributed by atoms with Crippen LogP contribution in [0.3, 0.4) is 0 Å². The number of hydrogen-bond donors (Lipinski definition) is 2. The topological polar surface area (TPSA) is 68.0 Å². The van der Waals surface area contributed by atoms with Crippen molar-refractivity contribution in [2.24, 2.45) is 5.73 Å². The van der Waals surface area contributed by atoms with Gasteiger partial charge in [-0.1, -0.05) is 37.6 Å². The Morgan fingerprint density at radius 3 is 2.50 bits per heavy atom. The van der Waals surface area contributed by atoms with Gasteiger partial charge in [0.1, 0.15) is 0 Å². The number of benzene rings is 1. The molecule has 4 nitrogen and oxygen atoms in total. The van der Waals surface area contributed by atoms with Crippen LogP contribution in [0.15, 0.2) is 24.3 Å². The molecule has 118 valence electrons. The van der Waals surface area contributed by atoms with E-state index in [4.69, 9.17) is 5.73 Å². The molecule has 0 bridgehead atoms. The SMILES string of the molecule is CCCc1ccc(-c2nc(NC(=O)C(C)(C)N)sc2C)cc1. The predicted octanol–water partition coefficient (Wildman–Crippen LogP) is 3.75. The molecule has 0 radical (unpaired) electrons. The minimum absolute atomic E-state index is 0.230. The van der Waals surface area contributed by atoms with Gasteiger partial charge in [-0.25, -0.2) is 4.98 Å². The van der Waals surface area contributed by atoms with Gasteiger partial charge in [-0.2, -0.15) is 0 Å². The van der Waals surface area contributed by atoms with Crippen LogP contribution in [0.5, 0.6) is 0 Å². The van der Waals surface area contributed by atoms with Crippen LogP contribution in [0.2, 0.25) is 0 Å². The molecule has 5 heteroatoms. The predicted molar refractivity (Wildman–Crippen MR) is 93.2 cm³/mol. The fraction of sp³-hybridized carbons (Fsp3) is 0.412. The lowest BCUT2D eigenvalue weighted by molar-refractivity contribution is -0.120. The molecule has 1 heterocycles. The smallest absolute Gasteiger partial charge is 0.245 e. The highest BCUT2D eigenvalue weighted by Gasteiger charge is 2.23. The molecule has 0 aliphatic heterocycles. The number of hydrogen-bond acceptors (Lipinski definition) is 4. The Kier molecular flexibility index (Phi) is 4.98. The van der Waals surface area contributed by atoms with E-state index in [1.54, 1.807) is 13.8 Å². The summed E-state index contributed by atoms with van der Waals surface area (Å²) in [6.07, 6.45) is 2.23. The normalized spacial score (nSPS) is 11.5. The second-order valence-electron chi connectivity index (χ2n) is 6.05. The molecular weight excluding hydrogens is 294 g/mol. The van der Waals surface area contributed by atoms with Gasteiger partial charge in [0.15, 0.2) is 5.13 Å². The van der Waals surface area contributed by atoms with Gasteiger partial charge in [0.2, 0.25) is 5.91 Å². The molecule has 1 amide bonds. The van der Waals surface area contributed by atoms with E-state index in [-0.39, 0.29) is 5.91 Å². The molecule has 0 saturated heterocycles. The van der Waals surface area contributed by atoms with Crippen molar-refractivity contribution < 1.29 is 4.79 Å². The molecule has 1 aromatic carbocycles. The van der Waals surface area contributed by atoms with Gasteiger partial charge in [0.25, 0.3) is 0 Å². The number of nitrogens with one attached hydrogen (secondary N) is 1. The van der Waals surface area contributed by atoms with Crippen molar-refractivity contribution in [3.63, 3.8) is 0 Å². The Balaban J connectivity index is 2.21. The Morgan fingerprint density at radius 2 is 1.95 bits per heavy atom. The number of nitrogens with zero attached hydrogens (tertiary/aromatic N) is 1. The zero-order valence-electron chi connectivity index (χ0n) is 13.6. The molecular formula is C17H23N3OS. The fourth-order valence-electron chi connectivity index (χ4n) is 2.09. The van der Waals surface area contributed by atoms with Crippen LogP contribution in [0.4, 0.5) is 5.13 Å². The van der Waals surface area contributed by atoms with E-state index in [0.717, 1.165) is 29.0 Å². The highest BCUT2D eigenvalue weighted by Crippen LogP contribution is 2.30. The first-order chi connectivity index (χ1) is 10.3. The van der Waals surface area contributed by atoms with Crippen LogP contribution in [0.25, 0.3) is 11.3 Å². The Labute approximate surface area is 135 Å². The Hall–Kier alpha value is -1.72. The van der Waals surface area contributed by atoms with E-state index < -0.39 is 5.54 Å². The molecule has 0 aliphatic rings. The van der Waals surface area contributed by atoms with E-state index in [1.165, 1.54) is 16.9 Å². The van der Waals surface area contributed by atoms with Crippen LogP contribution in [0.1, 0.15) is 37.6 Å². The standard InChI is InChI=1S/C17H23N3OS/c1-5-6-12-7-9-13(10-8-12)14-11(2)22-16(19-14)20-15(21)17(3,4)18/h7-10H,5-6,18H2,1-4H3,(H,19,20,21). The van der Waals surface area contributed by atoms with Gasteiger partial charge in [-0.05, 0) is 32.8 Å². The summed E-state index contributed by atoms with van der Waals surface area (Å²) < 4.78 is 0. The summed E-state index contributed by atoms with van der Waals surface area (Å²) in [6, 6.07) is 8.45. The van der Waals surface area contributed by atoms with Crippen molar-refractivity contribution in [2.75, 3.05) is 5.32 Å². The molecule has 1 aromatic heterocycles. The number of nitrogens with two attached hydrogens (primary N) is 1. The number of aryl methyl sites for hydroxylation is 2. The molecule has 2 rings (SSSR count). The van der Waals surface area contributed by atoms with Gasteiger partial charge in [-0.15, -0.1) is 11.3 Å². The van der Waals surface area contributed by atoms with E-state index in [2.05, 4.69) is 41.5 Å². The minimum Gasteiger partial charge on any atom is -0.318 e. The molecule has 0 atom stereocenters. The van der Waals surface area contributed by atoms with Crippen LogP contribution in [0, 0.1) is 6.92 Å². The second kappa shape index (κ2) is 6.58. The molecule has 0 aliphatic carbocycles. The summed E-state index contributed by atoms with van der Waals surface area (Å²) in [7, 11) is 0. The van der Waals surface area contributed by atoms with Crippen LogP contribution >= 0.6 is 11.3 Å². The number of rotatable bonds is 5. The van der Waals surface area contributed by atoms with E-state index >= 15 is 0 Å². The largest absolute Gasteiger partial charge is 0.318 e. The van der Waals surface area contributed by atoms with Crippen LogP contribution < -0.4 is 11.1 Å². The van der Waals surface area contributed by atoms with E-state index in [9.17, 15) is 4.79 Å². The van der Waals surface area contributed by atoms with Crippen LogP contribution in [-0.2, 0) is 11.2 Å². The molecule has 3 N–H and O–H groups in total. The minimum atomic E-state index is -0.915. The summed E-state index contributed by atoms with van der Waals surface area (Å²) in [5, 5.41) is 3.38. The van der Waals surface area contributed by atoms with Gasteiger partial charge in [0.05, 0.1) is 11.2 Å². The highest BCUT2D eigenvalue weighted by atomic mass is 32.1. The summed E-state index contributed by atoms with van der Waals surface area (Å²) in [5.74, 6) is -0.230. The van der Waals surface area contributed by atoms with Crippen molar-refractivity contribution in [1.82, 2.24) is 4.98 Å². The van der Waals surface area contributed by atoms with E-state index in [1.807, 2.05) is 6.92 Å². The molecule has 22 heavy (non-hydrogen) atoms. The molecule has 0 unspecified atom stereocenters. The Bertz CT molecular complexity index is 654. The third-order valence-electron chi connectivity index (χ3n) is 3.37. The zero-order valence-corrected chi connectivity index (χ0v) is 14.4. The number of carbonyl (C=O) groups excluding carboxylic acids is 1. The number of carbonyl (C=O) groups is 1. The van der Waals surface area contributed by atoms with Crippen molar-refractivity contribution >= 4 is 22.4 Å². The average Bonchev–Trinajstić information content (AvgIpc) is 2.80. The number of amides is 1. The molecule has 0 spiro atoms. The molecule has 0 fully saturated rings. The van der Waals surface area contributed by atoms with Crippen molar-refractivity contribution in [3.05, 3.63) is 34.7 Å². The van der Waals surface area contributed by atoms with Crippen molar-refractivity contribution in [3.8, 4) is 11.3 Å². The first kappa shape index (κ1) is 16.6. The third kappa shape index (κ3) is 3.93. The lowest BCUT2D eigenvalue weighted by Gasteiger charge is -2.16. The maximum Gasteiger partial charge on any atom is 0.245 e. The third-order valence-corrected chi connectivity index (χ3v) is 4.25. The quantitative estimate of drug-likeness (QED) is 0.882. The van der Waals surface area contributed by atoms with Gasteiger partial charge in [0, 0.05) is 10.4 Å². The van der Waals surface area contributed by atoms with Gasteiger partial charge >= 0.3 is 0 Å². The number of anilines is 1. The Morgan fingerprint density at radius 1 is 1.32 bits per heavy atom. The average molecular weight is 317 g/mol. The van der Waals surface area contributed by atoms with Gasteiger partial charge in [-0.3, -0.25) is 4.79 Å². The number of aromatic nitrogens is 1. The monoisotopic (exact) mass is 317 g/mol. The van der Waals surface area contributed by atoms with Crippen molar-refractivity contribution in [2.45, 2.75) is 46.1 Å². The lowest BCUT2D eigenvalue weighted by atomic mass is 10.1. The summed E-state index contributed by atoms with van der Waals surface area (Å²) in [6.45, 7) is 7.54. The molecule has 2 aromatic rings. The molecule has 0 saturated carbocycles. The van der Waals surface area contributed by atoms with Crippen LogP contribution in [-0.4, -0.2) is 16.4 Å². The number of thiazole rings is 1. The second-order valence-corrected chi connectivity index (χ2v) is 7.25. The highest BCUT2D eigenvalue weighted by molar-refractivity contribution is 7.16. The maximum absolute atomic E-state index is 11.9.